The summed E-state index contributed by atoms with van der Waals surface area (Å²) in [5.74, 6) is -2.12. The Kier molecular flexibility index (Phi) is 65.2. The SMILES string of the molecule is CCCCCCCCCCCCCCCCCCCCCCCC(=O)O[C@H](COC(=O)CCCCCCCCCCCCCC)COP(=O)(O)OC[C@@H](O)COP(=O)(O)OC[C@@H](COC(=O)CCCCCCCCCCC)OC(=O)CCCCCCCCCCC. The van der Waals surface area contributed by atoms with Gasteiger partial charge < -0.3 is 33.8 Å². The topological polar surface area (TPSA) is 237 Å². The van der Waals surface area contributed by atoms with Crippen LogP contribution in [0, 0.1) is 0 Å². The summed E-state index contributed by atoms with van der Waals surface area (Å²) >= 11 is 0. The Morgan fingerprint density at radius 1 is 0.264 bits per heavy atom. The van der Waals surface area contributed by atoms with Gasteiger partial charge in [0.2, 0.25) is 0 Å². The van der Waals surface area contributed by atoms with Crippen LogP contribution in [0.1, 0.15) is 381 Å². The van der Waals surface area contributed by atoms with Gasteiger partial charge in [-0.1, -0.05) is 329 Å². The van der Waals surface area contributed by atoms with E-state index in [9.17, 15) is 43.2 Å². The number of aliphatic hydroxyl groups excluding tert-OH is 1. The van der Waals surface area contributed by atoms with Gasteiger partial charge in [0.05, 0.1) is 26.4 Å². The van der Waals surface area contributed by atoms with Crippen LogP contribution < -0.4 is 0 Å². The molecule has 0 rings (SSSR count). The number of ether oxygens (including phenoxy) is 4. The van der Waals surface area contributed by atoms with Crippen molar-refractivity contribution in [3.8, 4) is 0 Å². The molecule has 0 fully saturated rings. The number of carbonyl (C=O) groups is 4. The third kappa shape index (κ3) is 66.5. The maximum Gasteiger partial charge on any atom is 0.472 e. The third-order valence-corrected chi connectivity index (χ3v) is 18.8. The summed E-state index contributed by atoms with van der Waals surface area (Å²) in [4.78, 5) is 72.5. The Bertz CT molecular complexity index is 1740. The summed E-state index contributed by atoms with van der Waals surface area (Å²) in [6.45, 7) is 4.92. The molecule has 2 unspecified atom stereocenters. The van der Waals surface area contributed by atoms with E-state index in [4.69, 9.17) is 37.0 Å². The highest BCUT2D eigenvalue weighted by Crippen LogP contribution is 2.45. The first-order valence-electron chi connectivity index (χ1n) is 37.8. The molecule has 17 nitrogen and oxygen atoms in total. The van der Waals surface area contributed by atoms with E-state index in [1.807, 2.05) is 0 Å². The minimum Gasteiger partial charge on any atom is -0.462 e. The van der Waals surface area contributed by atoms with Gasteiger partial charge in [0, 0.05) is 25.7 Å². The fraction of sp³-hybridized carbons (Fsp3) is 0.944. The maximum atomic E-state index is 13.0. The largest absolute Gasteiger partial charge is 0.472 e. The Morgan fingerprint density at radius 2 is 0.440 bits per heavy atom. The van der Waals surface area contributed by atoms with Crippen LogP contribution in [0.15, 0.2) is 0 Å². The minimum atomic E-state index is -4.95. The van der Waals surface area contributed by atoms with Crippen LogP contribution in [0.4, 0.5) is 0 Å². The van der Waals surface area contributed by atoms with Crippen LogP contribution in [-0.2, 0) is 65.4 Å². The first kappa shape index (κ1) is 89.1. The fourth-order valence-electron chi connectivity index (χ4n) is 11.0. The van der Waals surface area contributed by atoms with E-state index in [-0.39, 0.29) is 25.7 Å². The van der Waals surface area contributed by atoms with Gasteiger partial charge in [-0.15, -0.1) is 0 Å². The lowest BCUT2D eigenvalue weighted by molar-refractivity contribution is -0.161. The Labute approximate surface area is 556 Å². The Hall–Kier alpha value is -1.94. The molecule has 91 heavy (non-hydrogen) atoms. The lowest BCUT2D eigenvalue weighted by Crippen LogP contribution is -2.30. The van der Waals surface area contributed by atoms with Crippen molar-refractivity contribution < 1.29 is 80.2 Å². The van der Waals surface area contributed by atoms with E-state index in [0.717, 1.165) is 89.9 Å². The molecule has 0 saturated carbocycles. The predicted molar refractivity (Wildman–Crippen MR) is 368 cm³/mol. The van der Waals surface area contributed by atoms with Crippen LogP contribution in [0.25, 0.3) is 0 Å². The zero-order chi connectivity index (χ0) is 66.8. The molecule has 0 saturated heterocycles. The molecule has 0 spiro atoms. The summed E-state index contributed by atoms with van der Waals surface area (Å²) in [5, 5.41) is 10.6. The van der Waals surface area contributed by atoms with Crippen molar-refractivity contribution in [3.05, 3.63) is 0 Å². The van der Waals surface area contributed by atoms with Gasteiger partial charge in [0.1, 0.15) is 19.3 Å². The monoisotopic (exact) mass is 1340 g/mol. The highest BCUT2D eigenvalue weighted by atomic mass is 31.2. The highest BCUT2D eigenvalue weighted by molar-refractivity contribution is 7.47. The number of carbonyl (C=O) groups excluding carboxylic acids is 4. The first-order chi connectivity index (χ1) is 44.2. The van der Waals surface area contributed by atoms with E-state index in [1.165, 1.54) is 212 Å². The van der Waals surface area contributed by atoms with E-state index in [2.05, 4.69) is 27.7 Å². The molecule has 0 aliphatic heterocycles. The van der Waals surface area contributed by atoms with Gasteiger partial charge in [-0.25, -0.2) is 9.13 Å². The van der Waals surface area contributed by atoms with Crippen molar-refractivity contribution >= 4 is 39.5 Å². The number of phosphoric acid groups is 2. The van der Waals surface area contributed by atoms with E-state index < -0.39 is 97.5 Å². The lowest BCUT2D eigenvalue weighted by atomic mass is 10.0. The van der Waals surface area contributed by atoms with Crippen LogP contribution in [-0.4, -0.2) is 96.7 Å². The van der Waals surface area contributed by atoms with Gasteiger partial charge in [0.25, 0.3) is 0 Å². The van der Waals surface area contributed by atoms with Gasteiger partial charge >= 0.3 is 39.5 Å². The molecular weight excluding hydrogens is 1200 g/mol. The van der Waals surface area contributed by atoms with Crippen LogP contribution in [0.5, 0.6) is 0 Å². The zero-order valence-electron chi connectivity index (χ0n) is 58.8. The van der Waals surface area contributed by atoms with Crippen molar-refractivity contribution in [1.29, 1.82) is 0 Å². The van der Waals surface area contributed by atoms with Crippen LogP contribution in [0.2, 0.25) is 0 Å². The molecule has 540 valence electrons. The molecule has 0 radical (unpaired) electrons. The maximum absolute atomic E-state index is 13.0. The molecule has 0 aliphatic carbocycles. The second-order valence-corrected chi connectivity index (χ2v) is 28.9. The first-order valence-corrected chi connectivity index (χ1v) is 40.8. The fourth-order valence-corrected chi connectivity index (χ4v) is 12.6. The number of hydrogen-bond donors (Lipinski definition) is 3. The number of unbranched alkanes of at least 4 members (excludes halogenated alkanes) is 47. The van der Waals surface area contributed by atoms with Gasteiger partial charge in [-0.2, -0.15) is 0 Å². The molecule has 0 amide bonds. The quantitative estimate of drug-likeness (QED) is 0.0222. The Morgan fingerprint density at radius 3 is 0.648 bits per heavy atom. The number of phosphoric ester groups is 2. The number of hydrogen-bond acceptors (Lipinski definition) is 15. The lowest BCUT2D eigenvalue weighted by Gasteiger charge is -2.21. The number of aliphatic hydroxyl groups is 1. The molecule has 0 aromatic rings. The summed E-state index contributed by atoms with van der Waals surface area (Å²) in [6.07, 6.45) is 55.6. The number of esters is 4. The van der Waals surface area contributed by atoms with Crippen molar-refractivity contribution in [1.82, 2.24) is 0 Å². The molecule has 0 aliphatic rings. The van der Waals surface area contributed by atoms with Gasteiger partial charge in [-0.3, -0.25) is 37.3 Å². The van der Waals surface area contributed by atoms with E-state index >= 15 is 0 Å². The summed E-state index contributed by atoms with van der Waals surface area (Å²) in [7, 11) is -9.89. The van der Waals surface area contributed by atoms with E-state index in [1.54, 1.807) is 0 Å². The van der Waals surface area contributed by atoms with Crippen molar-refractivity contribution in [2.75, 3.05) is 39.6 Å². The zero-order valence-corrected chi connectivity index (χ0v) is 60.6. The van der Waals surface area contributed by atoms with Crippen molar-refractivity contribution in [3.63, 3.8) is 0 Å². The number of rotatable bonds is 73. The molecule has 0 bridgehead atoms. The predicted octanol–water partition coefficient (Wildman–Crippen LogP) is 21.1. The molecule has 0 heterocycles. The molecule has 19 heteroatoms. The summed E-state index contributed by atoms with van der Waals surface area (Å²) < 4.78 is 68.2. The average molecular weight is 1340 g/mol. The summed E-state index contributed by atoms with van der Waals surface area (Å²) in [5.41, 5.74) is 0. The molecule has 0 aromatic carbocycles. The van der Waals surface area contributed by atoms with Crippen LogP contribution in [0.3, 0.4) is 0 Å². The second-order valence-electron chi connectivity index (χ2n) is 26.0. The third-order valence-electron chi connectivity index (χ3n) is 16.9. The average Bonchev–Trinajstić information content (AvgIpc) is 3.43. The van der Waals surface area contributed by atoms with Gasteiger partial charge in [0.15, 0.2) is 12.2 Å². The molecule has 0 aromatic heterocycles. The molecule has 5 atom stereocenters. The Balaban J connectivity index is 5.14. The van der Waals surface area contributed by atoms with Crippen molar-refractivity contribution in [2.24, 2.45) is 0 Å². The van der Waals surface area contributed by atoms with Crippen molar-refractivity contribution in [2.45, 2.75) is 399 Å². The molecular formula is C72H140O17P2. The molecule has 3 N–H and O–H groups in total. The normalized spacial score (nSPS) is 14.0. The standard InChI is InChI=1S/C72H140O17P2/c1-5-9-13-17-21-25-27-29-30-31-32-33-34-35-36-37-39-43-47-51-55-59-72(77)89-68(63-83-70(75)57-53-49-45-42-38-28-26-22-18-14-10-6-2)65-87-91(80,81)85-61-66(73)60-84-90(78,79)86-64-67(88-71(76)58-54-50-46-41-24-20-16-12-8-4)62-82-69(74)56-52-48-44-40-23-19-15-11-7-3/h66-68,73H,5-65H2,1-4H3,(H,78,79)(H,80,81)/t66-,67+,68+/m0/s1. The highest BCUT2D eigenvalue weighted by Gasteiger charge is 2.30. The van der Waals surface area contributed by atoms with Crippen LogP contribution >= 0.6 is 15.6 Å². The van der Waals surface area contributed by atoms with E-state index in [0.29, 0.717) is 25.7 Å². The minimum absolute atomic E-state index is 0.106. The second kappa shape index (κ2) is 66.7. The smallest absolute Gasteiger partial charge is 0.462 e. The van der Waals surface area contributed by atoms with Gasteiger partial charge in [-0.05, 0) is 25.7 Å². The summed E-state index contributed by atoms with van der Waals surface area (Å²) in [6, 6.07) is 0.